The summed E-state index contributed by atoms with van der Waals surface area (Å²) in [6.07, 6.45) is 3.27. The summed E-state index contributed by atoms with van der Waals surface area (Å²) in [7, 11) is 0. The van der Waals surface area contributed by atoms with Crippen molar-refractivity contribution in [1.82, 2.24) is 10.9 Å². The second kappa shape index (κ2) is 8.93. The van der Waals surface area contributed by atoms with Crippen LogP contribution in [0.3, 0.4) is 0 Å². The van der Waals surface area contributed by atoms with E-state index in [9.17, 15) is 9.59 Å². The zero-order valence-corrected chi connectivity index (χ0v) is 15.1. The average molecular weight is 370 g/mol. The van der Waals surface area contributed by atoms with Crippen molar-refractivity contribution in [2.45, 2.75) is 26.2 Å². The van der Waals surface area contributed by atoms with Crippen molar-refractivity contribution in [1.29, 1.82) is 0 Å². The molecule has 0 aromatic heterocycles. The molecule has 3 rings (SSSR count). The molecule has 7 heteroatoms. The number of benzene rings is 2. The lowest BCUT2D eigenvalue weighted by atomic mass is 10.2. The van der Waals surface area contributed by atoms with Gasteiger partial charge in [0, 0.05) is 11.1 Å². The molecule has 0 radical (unpaired) electrons. The molecule has 0 unspecified atom stereocenters. The Kier molecular flexibility index (Phi) is 6.14. The quantitative estimate of drug-likeness (QED) is 0.578. The van der Waals surface area contributed by atoms with Gasteiger partial charge in [-0.1, -0.05) is 19.8 Å². The fraction of sp³-hybridized carbons (Fsp3) is 0.300. The molecule has 0 saturated carbocycles. The molecule has 2 N–H and O–H groups in total. The summed E-state index contributed by atoms with van der Waals surface area (Å²) >= 11 is 0. The molecule has 7 nitrogen and oxygen atoms in total. The van der Waals surface area contributed by atoms with Crippen LogP contribution >= 0.6 is 0 Å². The van der Waals surface area contributed by atoms with Crippen LogP contribution in [-0.4, -0.2) is 25.2 Å². The van der Waals surface area contributed by atoms with Gasteiger partial charge in [-0.15, -0.1) is 0 Å². The number of rotatable bonds is 7. The first-order valence-corrected chi connectivity index (χ1v) is 8.90. The maximum absolute atomic E-state index is 12.2. The van der Waals surface area contributed by atoms with Crippen molar-refractivity contribution in [3.8, 4) is 17.2 Å². The zero-order valence-electron chi connectivity index (χ0n) is 15.1. The van der Waals surface area contributed by atoms with Gasteiger partial charge < -0.3 is 14.2 Å². The van der Waals surface area contributed by atoms with E-state index >= 15 is 0 Å². The average Bonchev–Trinajstić information content (AvgIpc) is 3.17. The number of hydrogen-bond acceptors (Lipinski definition) is 5. The molecule has 0 saturated heterocycles. The van der Waals surface area contributed by atoms with E-state index in [-0.39, 0.29) is 6.79 Å². The monoisotopic (exact) mass is 370 g/mol. The molecule has 2 aromatic rings. The highest BCUT2D eigenvalue weighted by atomic mass is 16.7. The highest BCUT2D eigenvalue weighted by Crippen LogP contribution is 2.32. The molecule has 142 valence electrons. The maximum Gasteiger partial charge on any atom is 0.269 e. The van der Waals surface area contributed by atoms with Crippen LogP contribution in [0.5, 0.6) is 17.2 Å². The summed E-state index contributed by atoms with van der Waals surface area (Å²) in [5.74, 6) is 0.947. The number of nitrogens with one attached hydrogen (secondary N) is 2. The summed E-state index contributed by atoms with van der Waals surface area (Å²) in [4.78, 5) is 24.3. The van der Waals surface area contributed by atoms with Gasteiger partial charge >= 0.3 is 0 Å². The smallest absolute Gasteiger partial charge is 0.269 e. The van der Waals surface area contributed by atoms with E-state index in [0.717, 1.165) is 19.3 Å². The van der Waals surface area contributed by atoms with Gasteiger partial charge in [0.1, 0.15) is 5.75 Å². The van der Waals surface area contributed by atoms with Gasteiger partial charge in [-0.2, -0.15) is 0 Å². The Hall–Kier alpha value is -3.22. The Morgan fingerprint density at radius 3 is 2.33 bits per heavy atom. The highest BCUT2D eigenvalue weighted by molar-refractivity contribution is 5.99. The highest BCUT2D eigenvalue weighted by Gasteiger charge is 2.16. The van der Waals surface area contributed by atoms with Crippen LogP contribution in [0.15, 0.2) is 42.5 Å². The van der Waals surface area contributed by atoms with Gasteiger partial charge in [0.2, 0.25) is 6.79 Å². The van der Waals surface area contributed by atoms with Crippen LogP contribution in [0.25, 0.3) is 0 Å². The topological polar surface area (TPSA) is 85.9 Å². The van der Waals surface area contributed by atoms with Crippen molar-refractivity contribution in [3.05, 3.63) is 53.6 Å². The fourth-order valence-corrected chi connectivity index (χ4v) is 2.54. The molecular weight excluding hydrogens is 348 g/mol. The Balaban J connectivity index is 1.49. The van der Waals surface area contributed by atoms with Crippen molar-refractivity contribution in [2.24, 2.45) is 0 Å². The molecule has 0 spiro atoms. The third kappa shape index (κ3) is 4.91. The normalized spacial score (nSPS) is 11.7. The first kappa shape index (κ1) is 18.6. The minimum absolute atomic E-state index is 0.134. The minimum atomic E-state index is -0.447. The molecule has 1 aliphatic rings. The van der Waals surface area contributed by atoms with E-state index in [4.69, 9.17) is 14.2 Å². The van der Waals surface area contributed by atoms with Gasteiger partial charge in [-0.25, -0.2) is 0 Å². The van der Waals surface area contributed by atoms with E-state index in [1.54, 1.807) is 42.5 Å². The van der Waals surface area contributed by atoms with Crippen LogP contribution in [0.1, 0.15) is 46.9 Å². The SMILES string of the molecule is CCCCCOc1ccc(C(=O)NNC(=O)c2ccc3c(c2)OCO3)cc1. The Morgan fingerprint density at radius 2 is 1.59 bits per heavy atom. The number of hydrogen-bond donors (Lipinski definition) is 2. The van der Waals surface area contributed by atoms with Crippen LogP contribution in [0, 0.1) is 0 Å². The number of unbranched alkanes of at least 4 members (excludes halogenated alkanes) is 2. The Labute approximate surface area is 157 Å². The fourth-order valence-electron chi connectivity index (χ4n) is 2.54. The minimum Gasteiger partial charge on any atom is -0.494 e. The lowest BCUT2D eigenvalue weighted by molar-refractivity contribution is 0.0846. The summed E-state index contributed by atoms with van der Waals surface area (Å²) in [5.41, 5.74) is 5.55. The molecule has 0 atom stereocenters. The number of amides is 2. The molecule has 0 fully saturated rings. The van der Waals surface area contributed by atoms with Crippen LogP contribution in [0.4, 0.5) is 0 Å². The number of carbonyl (C=O) groups excluding carboxylic acids is 2. The van der Waals surface area contributed by atoms with Crippen LogP contribution < -0.4 is 25.1 Å². The number of carbonyl (C=O) groups is 2. The first-order valence-electron chi connectivity index (χ1n) is 8.90. The molecule has 2 amide bonds. The zero-order chi connectivity index (χ0) is 19.1. The summed E-state index contributed by atoms with van der Waals surface area (Å²) in [6, 6.07) is 11.6. The van der Waals surface area contributed by atoms with Gasteiger partial charge in [-0.05, 0) is 48.9 Å². The summed E-state index contributed by atoms with van der Waals surface area (Å²) in [6.45, 7) is 2.93. The molecule has 0 bridgehead atoms. The molecule has 0 aliphatic carbocycles. The first-order chi connectivity index (χ1) is 13.2. The number of fused-ring (bicyclic) bond motifs is 1. The van der Waals surface area contributed by atoms with E-state index in [1.807, 2.05) is 0 Å². The standard InChI is InChI=1S/C20H22N2O5/c1-2-3-4-11-25-16-8-5-14(6-9-16)19(23)21-22-20(24)15-7-10-17-18(12-15)27-13-26-17/h5-10,12H,2-4,11,13H2,1H3,(H,21,23)(H,22,24). The van der Waals surface area contributed by atoms with Crippen LogP contribution in [-0.2, 0) is 0 Å². The third-order valence-electron chi connectivity index (χ3n) is 4.06. The second-order valence-electron chi connectivity index (χ2n) is 6.06. The molecule has 27 heavy (non-hydrogen) atoms. The van der Waals surface area contributed by atoms with Gasteiger partial charge in [-0.3, -0.25) is 20.4 Å². The van der Waals surface area contributed by atoms with E-state index in [0.29, 0.717) is 35.0 Å². The Bertz CT molecular complexity index is 805. The predicted molar refractivity (Wildman–Crippen MR) is 99.0 cm³/mol. The van der Waals surface area contributed by atoms with Crippen molar-refractivity contribution in [3.63, 3.8) is 0 Å². The van der Waals surface area contributed by atoms with E-state index < -0.39 is 11.8 Å². The Morgan fingerprint density at radius 1 is 0.926 bits per heavy atom. The summed E-state index contributed by atoms with van der Waals surface area (Å²) in [5, 5.41) is 0. The number of ether oxygens (including phenoxy) is 3. The van der Waals surface area contributed by atoms with E-state index in [1.165, 1.54) is 0 Å². The number of hydrazine groups is 1. The largest absolute Gasteiger partial charge is 0.494 e. The van der Waals surface area contributed by atoms with Crippen LogP contribution in [0.2, 0.25) is 0 Å². The lowest BCUT2D eigenvalue weighted by Crippen LogP contribution is -2.41. The summed E-state index contributed by atoms with van der Waals surface area (Å²) < 4.78 is 16.0. The van der Waals surface area contributed by atoms with Gasteiger partial charge in [0.05, 0.1) is 6.61 Å². The third-order valence-corrected chi connectivity index (χ3v) is 4.06. The van der Waals surface area contributed by atoms with Crippen molar-refractivity contribution >= 4 is 11.8 Å². The molecule has 1 heterocycles. The lowest BCUT2D eigenvalue weighted by Gasteiger charge is -2.09. The predicted octanol–water partition coefficient (Wildman–Crippen LogP) is 3.06. The molecule has 2 aromatic carbocycles. The van der Waals surface area contributed by atoms with Crippen molar-refractivity contribution < 1.29 is 23.8 Å². The van der Waals surface area contributed by atoms with Gasteiger partial charge in [0.25, 0.3) is 11.8 Å². The van der Waals surface area contributed by atoms with E-state index in [2.05, 4.69) is 17.8 Å². The van der Waals surface area contributed by atoms with Gasteiger partial charge in [0.15, 0.2) is 11.5 Å². The van der Waals surface area contributed by atoms with Crippen molar-refractivity contribution in [2.75, 3.05) is 13.4 Å². The molecule has 1 aliphatic heterocycles. The second-order valence-corrected chi connectivity index (χ2v) is 6.06. The maximum atomic E-state index is 12.2. The molecular formula is C20H22N2O5.